The number of azo groups is 2. The van der Waals surface area contributed by atoms with E-state index < -0.39 is 60.9 Å². The number of hydrogen-bond donors (Lipinski definition) is 5. The molecule has 0 aliphatic rings. The van der Waals surface area contributed by atoms with Crippen LogP contribution in [-0.2, 0) is 53.3 Å². The van der Waals surface area contributed by atoms with Crippen molar-refractivity contribution in [3.63, 3.8) is 0 Å². The highest BCUT2D eigenvalue weighted by Crippen LogP contribution is 2.34. The summed E-state index contributed by atoms with van der Waals surface area (Å²) in [6.45, 7) is -0.293. The van der Waals surface area contributed by atoms with E-state index in [-0.39, 0.29) is 70.4 Å². The van der Waals surface area contributed by atoms with Crippen LogP contribution in [0.2, 0.25) is 0 Å². The molecule has 6 rings (SSSR count). The Morgan fingerprint density at radius 2 is 1.05 bits per heavy atom. The maximum absolute atomic E-state index is 12.4. The quantitative estimate of drug-likeness (QED) is 0.0576. The van der Waals surface area contributed by atoms with Crippen LogP contribution < -0.4 is 5.32 Å². The van der Waals surface area contributed by atoms with Gasteiger partial charge in [0.05, 0.1) is 33.4 Å². The molecule has 24 heteroatoms. The lowest BCUT2D eigenvalue weighted by Crippen LogP contribution is -2.18. The van der Waals surface area contributed by atoms with Gasteiger partial charge in [-0.2, -0.15) is 64.1 Å². The zero-order valence-electron chi connectivity index (χ0n) is 30.0. The number of hydrogen-bond acceptors (Lipinski definition) is 16. The SMILES string of the molecule is O=S(=O)(O)CCNc1nc(Cc2ccc(N=Nc3cc(S(=O)(=O)O)c4cccc(S(=O)(=O)O)c4c3)cc2)nc(Cc2ccc(N=Nc3ccccc3)cc2S(=O)(=O)O)n1. The van der Waals surface area contributed by atoms with Gasteiger partial charge in [0.1, 0.15) is 21.4 Å². The molecule has 5 N–H and O–H groups in total. The molecular formula is C35H30N8O12S4. The third-order valence-electron chi connectivity index (χ3n) is 8.12. The molecular weight excluding hydrogens is 853 g/mol. The Morgan fingerprint density at radius 1 is 0.492 bits per heavy atom. The second-order valence-corrected chi connectivity index (χ2v) is 18.2. The number of benzene rings is 5. The molecule has 0 fully saturated rings. The Morgan fingerprint density at radius 3 is 1.68 bits per heavy atom. The first-order chi connectivity index (χ1) is 27.7. The van der Waals surface area contributed by atoms with Crippen LogP contribution >= 0.6 is 0 Å². The van der Waals surface area contributed by atoms with E-state index in [9.17, 15) is 51.9 Å². The predicted molar refractivity (Wildman–Crippen MR) is 211 cm³/mol. The zero-order chi connectivity index (χ0) is 42.6. The van der Waals surface area contributed by atoms with Crippen molar-refractivity contribution in [1.82, 2.24) is 15.0 Å². The lowest BCUT2D eigenvalue weighted by atomic mass is 10.1. The van der Waals surface area contributed by atoms with Crippen LogP contribution in [-0.4, -0.2) is 79.1 Å². The molecule has 0 aliphatic heterocycles. The number of anilines is 1. The van der Waals surface area contributed by atoms with E-state index in [1.54, 1.807) is 42.5 Å². The number of aromatic nitrogens is 3. The van der Waals surface area contributed by atoms with Crippen molar-refractivity contribution >= 4 is 79.9 Å². The van der Waals surface area contributed by atoms with Gasteiger partial charge in [-0.05, 0) is 65.7 Å². The fourth-order valence-electron chi connectivity index (χ4n) is 5.55. The molecule has 1 aromatic heterocycles. The Bertz CT molecular complexity index is 3080. The molecule has 0 amide bonds. The third kappa shape index (κ3) is 11.6. The van der Waals surface area contributed by atoms with Crippen LogP contribution in [0.1, 0.15) is 22.8 Å². The average Bonchev–Trinajstić information content (AvgIpc) is 3.15. The second-order valence-electron chi connectivity index (χ2n) is 12.5. The van der Waals surface area contributed by atoms with Crippen molar-refractivity contribution in [3.8, 4) is 0 Å². The number of nitrogens with one attached hydrogen (secondary N) is 1. The number of nitrogens with zero attached hydrogens (tertiary/aromatic N) is 7. The standard InChI is InChI=1S/C35H30N8O12S4/c44-56(45,46)16-15-36-35-38-33(37-34(39-35)18-23-11-14-26(20-31(23)58(50,51)52)42-40-24-5-2-1-3-6-24)17-22-9-12-25(13-10-22)41-43-27-19-29-28(32(21-27)59(53,54)55)7-4-8-30(29)57(47,48)49/h1-14,19-21H,15-18H2,(H,44,45,46)(H,47,48,49)(H,50,51,52)(H,53,54,55)(H,36,37,38,39). The molecule has 5 aromatic carbocycles. The monoisotopic (exact) mass is 882 g/mol. The van der Waals surface area contributed by atoms with Gasteiger partial charge in [0.25, 0.3) is 40.5 Å². The minimum Gasteiger partial charge on any atom is -0.353 e. The lowest BCUT2D eigenvalue weighted by molar-refractivity contribution is 0.480. The number of rotatable bonds is 15. The first-order valence-electron chi connectivity index (χ1n) is 16.7. The molecule has 0 radical (unpaired) electrons. The van der Waals surface area contributed by atoms with E-state index in [2.05, 4.69) is 40.7 Å². The van der Waals surface area contributed by atoms with Crippen molar-refractivity contribution in [2.45, 2.75) is 27.5 Å². The molecule has 0 saturated carbocycles. The van der Waals surface area contributed by atoms with Crippen LogP contribution in [0, 0.1) is 0 Å². The van der Waals surface area contributed by atoms with Crippen LogP contribution in [0.25, 0.3) is 10.8 Å². The molecule has 0 atom stereocenters. The fraction of sp³-hybridized carbons (Fsp3) is 0.114. The van der Waals surface area contributed by atoms with E-state index in [0.29, 0.717) is 11.3 Å². The summed E-state index contributed by atoms with van der Waals surface area (Å²) >= 11 is 0. The van der Waals surface area contributed by atoms with Gasteiger partial charge in [-0.15, -0.1) is 0 Å². The van der Waals surface area contributed by atoms with E-state index >= 15 is 0 Å². The van der Waals surface area contributed by atoms with Gasteiger partial charge < -0.3 is 5.32 Å². The Kier molecular flexibility index (Phi) is 12.3. The van der Waals surface area contributed by atoms with Gasteiger partial charge in [0.15, 0.2) is 0 Å². The topological polar surface area (TPSA) is 318 Å². The van der Waals surface area contributed by atoms with Crippen molar-refractivity contribution < 1.29 is 51.9 Å². The zero-order valence-corrected chi connectivity index (χ0v) is 33.2. The molecule has 6 aromatic rings. The van der Waals surface area contributed by atoms with E-state index in [1.165, 1.54) is 42.5 Å². The van der Waals surface area contributed by atoms with Gasteiger partial charge in [-0.25, -0.2) is 4.98 Å². The maximum Gasteiger partial charge on any atom is 0.295 e. The summed E-state index contributed by atoms with van der Waals surface area (Å²) in [7, 11) is -18.8. The molecule has 306 valence electrons. The highest BCUT2D eigenvalue weighted by molar-refractivity contribution is 7.86. The predicted octanol–water partition coefficient (Wildman–Crippen LogP) is 6.08. The highest BCUT2D eigenvalue weighted by atomic mass is 32.2. The van der Waals surface area contributed by atoms with E-state index in [1.807, 2.05) is 0 Å². The van der Waals surface area contributed by atoms with Gasteiger partial charge in [0, 0.05) is 30.2 Å². The molecule has 0 spiro atoms. The third-order valence-corrected chi connectivity index (χ3v) is 11.6. The summed E-state index contributed by atoms with van der Waals surface area (Å²) in [4.78, 5) is 11.3. The van der Waals surface area contributed by atoms with Crippen LogP contribution in [0.4, 0.5) is 28.7 Å². The van der Waals surface area contributed by atoms with Crippen LogP contribution in [0.15, 0.2) is 138 Å². The summed E-state index contributed by atoms with van der Waals surface area (Å²) < 4.78 is 135. The summed E-state index contributed by atoms with van der Waals surface area (Å²) in [5.41, 5.74) is 1.41. The summed E-state index contributed by atoms with van der Waals surface area (Å²) in [6, 6.07) is 24.6. The summed E-state index contributed by atoms with van der Waals surface area (Å²) in [6.07, 6.45) is -0.197. The fourth-order valence-corrected chi connectivity index (χ4v) is 8.08. The minimum atomic E-state index is -4.87. The van der Waals surface area contributed by atoms with Gasteiger partial charge in [-0.1, -0.05) is 48.5 Å². The van der Waals surface area contributed by atoms with Crippen molar-refractivity contribution in [2.75, 3.05) is 17.6 Å². The Labute approximate surface area is 336 Å². The maximum atomic E-state index is 12.4. The van der Waals surface area contributed by atoms with Crippen molar-refractivity contribution in [2.24, 2.45) is 20.5 Å². The molecule has 1 heterocycles. The Hall–Kier alpha value is -5.99. The van der Waals surface area contributed by atoms with Crippen molar-refractivity contribution in [1.29, 1.82) is 0 Å². The normalized spacial score (nSPS) is 12.7. The summed E-state index contributed by atoms with van der Waals surface area (Å²) in [5.74, 6) is -0.611. The second kappa shape index (κ2) is 17.1. The molecule has 0 aliphatic carbocycles. The highest BCUT2D eigenvalue weighted by Gasteiger charge is 2.22. The van der Waals surface area contributed by atoms with Gasteiger partial charge in [0.2, 0.25) is 5.95 Å². The molecule has 59 heavy (non-hydrogen) atoms. The van der Waals surface area contributed by atoms with Crippen molar-refractivity contribution in [3.05, 3.63) is 126 Å². The lowest BCUT2D eigenvalue weighted by Gasteiger charge is -2.11. The first kappa shape index (κ1) is 42.6. The van der Waals surface area contributed by atoms with Gasteiger partial charge in [-0.3, -0.25) is 18.2 Å². The summed E-state index contributed by atoms with van der Waals surface area (Å²) in [5, 5.41) is 18.5. The number of fused-ring (bicyclic) bond motifs is 1. The smallest absolute Gasteiger partial charge is 0.295 e. The van der Waals surface area contributed by atoms with Gasteiger partial charge >= 0.3 is 0 Å². The minimum absolute atomic E-state index is 0.0233. The van der Waals surface area contributed by atoms with E-state index in [4.69, 9.17) is 0 Å². The first-order valence-corrected chi connectivity index (χ1v) is 22.7. The molecule has 20 nitrogen and oxygen atoms in total. The molecule has 0 unspecified atom stereocenters. The van der Waals surface area contributed by atoms with Crippen LogP contribution in [0.3, 0.4) is 0 Å². The molecule has 0 saturated heterocycles. The molecule has 0 bridgehead atoms. The van der Waals surface area contributed by atoms with E-state index in [0.717, 1.165) is 18.2 Å². The largest absolute Gasteiger partial charge is 0.353 e. The van der Waals surface area contributed by atoms with Crippen LogP contribution in [0.5, 0.6) is 0 Å². The average molecular weight is 883 g/mol. The Balaban J connectivity index is 1.27.